The topological polar surface area (TPSA) is 66.8 Å². The lowest BCUT2D eigenvalue weighted by atomic mass is 9.90. The van der Waals surface area contributed by atoms with Crippen molar-refractivity contribution < 1.29 is 19.7 Å². The molecule has 0 bridgehead atoms. The van der Waals surface area contributed by atoms with Crippen LogP contribution in [0.15, 0.2) is 24.3 Å². The molecule has 0 saturated heterocycles. The zero-order valence-corrected chi connectivity index (χ0v) is 11.9. The predicted molar refractivity (Wildman–Crippen MR) is 75.9 cm³/mol. The van der Waals surface area contributed by atoms with Gasteiger partial charge in [0, 0.05) is 6.08 Å². The van der Waals surface area contributed by atoms with E-state index < -0.39 is 12.1 Å². The van der Waals surface area contributed by atoms with Crippen molar-refractivity contribution in [3.8, 4) is 0 Å². The second-order valence-corrected chi connectivity index (χ2v) is 5.91. The Balaban J connectivity index is 2.11. The Labute approximate surface area is 120 Å². The van der Waals surface area contributed by atoms with Crippen molar-refractivity contribution in [1.82, 2.24) is 0 Å². The first kappa shape index (κ1) is 15.3. The lowest BCUT2D eigenvalue weighted by Gasteiger charge is -2.19. The molecule has 1 heterocycles. The van der Waals surface area contributed by atoms with E-state index in [-0.39, 0.29) is 24.0 Å². The highest BCUT2D eigenvalue weighted by Crippen LogP contribution is 2.36. The van der Waals surface area contributed by atoms with E-state index in [2.05, 4.69) is 12.2 Å². The van der Waals surface area contributed by atoms with Crippen LogP contribution in [0.2, 0.25) is 0 Å². The van der Waals surface area contributed by atoms with E-state index in [0.717, 1.165) is 19.3 Å². The van der Waals surface area contributed by atoms with Gasteiger partial charge in [0.15, 0.2) is 0 Å². The Kier molecular flexibility index (Phi) is 5.38. The summed E-state index contributed by atoms with van der Waals surface area (Å²) in [5.74, 6) is -0.249. The van der Waals surface area contributed by atoms with E-state index in [9.17, 15) is 15.0 Å². The molecule has 1 saturated carbocycles. The minimum absolute atomic E-state index is 0.0246. The number of aliphatic hydroxyl groups excluding tert-OH is 2. The zero-order valence-electron chi connectivity index (χ0n) is 11.9. The van der Waals surface area contributed by atoms with Crippen LogP contribution in [0, 0.1) is 11.8 Å². The van der Waals surface area contributed by atoms with Gasteiger partial charge in [0.25, 0.3) is 0 Å². The Morgan fingerprint density at radius 2 is 2.05 bits per heavy atom. The van der Waals surface area contributed by atoms with Crippen molar-refractivity contribution in [2.75, 3.05) is 0 Å². The standard InChI is InChI=1S/C16H24O4/c1-11-5-3-2-4-6-12-9-13(17)10-14(12)15(18)7-8-16(19)20-11/h4,6-8,11-15,17-18H,2-3,5,9-10H2,1H3/b6-4+,8-7-/t11-,12?,13-,14+,15+/m0/s1. The first-order valence-electron chi connectivity index (χ1n) is 7.48. The predicted octanol–water partition coefficient (Wildman–Crippen LogP) is 1.96. The van der Waals surface area contributed by atoms with Gasteiger partial charge in [-0.15, -0.1) is 0 Å². The largest absolute Gasteiger partial charge is 0.460 e. The molecule has 20 heavy (non-hydrogen) atoms. The molecule has 1 unspecified atom stereocenters. The van der Waals surface area contributed by atoms with Crippen LogP contribution in [0.3, 0.4) is 0 Å². The van der Waals surface area contributed by atoms with Gasteiger partial charge in [-0.3, -0.25) is 0 Å². The summed E-state index contributed by atoms with van der Waals surface area (Å²) >= 11 is 0. The number of esters is 1. The number of hydrogen-bond acceptors (Lipinski definition) is 4. The van der Waals surface area contributed by atoms with Crippen LogP contribution in [0.4, 0.5) is 0 Å². The summed E-state index contributed by atoms with van der Waals surface area (Å²) in [6.45, 7) is 1.89. The van der Waals surface area contributed by atoms with Crippen LogP contribution in [-0.2, 0) is 9.53 Å². The molecule has 4 nitrogen and oxygen atoms in total. The molecule has 0 spiro atoms. The summed E-state index contributed by atoms with van der Waals surface area (Å²) in [7, 11) is 0. The fourth-order valence-electron chi connectivity index (χ4n) is 3.10. The summed E-state index contributed by atoms with van der Waals surface area (Å²) in [6, 6.07) is 0. The van der Waals surface area contributed by atoms with Gasteiger partial charge in [0.05, 0.1) is 18.3 Å². The monoisotopic (exact) mass is 280 g/mol. The van der Waals surface area contributed by atoms with E-state index >= 15 is 0 Å². The smallest absolute Gasteiger partial charge is 0.330 e. The van der Waals surface area contributed by atoms with Gasteiger partial charge in [-0.2, -0.15) is 0 Å². The van der Waals surface area contributed by atoms with Crippen LogP contribution in [-0.4, -0.2) is 34.5 Å². The minimum Gasteiger partial charge on any atom is -0.460 e. The van der Waals surface area contributed by atoms with Gasteiger partial charge >= 0.3 is 5.97 Å². The number of carbonyl (C=O) groups excluding carboxylic acids is 1. The number of fused-ring (bicyclic) bond motifs is 1. The summed E-state index contributed by atoms with van der Waals surface area (Å²) in [5.41, 5.74) is 0. The molecular formula is C16H24O4. The molecule has 1 aliphatic heterocycles. The molecule has 112 valence electrons. The molecule has 5 atom stereocenters. The molecular weight excluding hydrogens is 256 g/mol. The first-order valence-corrected chi connectivity index (χ1v) is 7.48. The van der Waals surface area contributed by atoms with E-state index in [0.29, 0.717) is 12.8 Å². The average Bonchev–Trinajstić information content (AvgIpc) is 2.76. The molecule has 0 radical (unpaired) electrons. The number of rotatable bonds is 0. The molecule has 2 aliphatic rings. The van der Waals surface area contributed by atoms with Gasteiger partial charge in [0.1, 0.15) is 0 Å². The maximum absolute atomic E-state index is 11.6. The van der Waals surface area contributed by atoms with Gasteiger partial charge in [-0.1, -0.05) is 12.2 Å². The highest BCUT2D eigenvalue weighted by molar-refractivity contribution is 5.82. The van der Waals surface area contributed by atoms with Gasteiger partial charge < -0.3 is 14.9 Å². The van der Waals surface area contributed by atoms with Gasteiger partial charge in [-0.25, -0.2) is 4.79 Å². The molecule has 2 N–H and O–H groups in total. The average molecular weight is 280 g/mol. The summed E-state index contributed by atoms with van der Waals surface area (Å²) in [6.07, 6.45) is 9.87. The fourth-order valence-corrected chi connectivity index (χ4v) is 3.10. The van der Waals surface area contributed by atoms with Gasteiger partial charge in [0.2, 0.25) is 0 Å². The van der Waals surface area contributed by atoms with Crippen molar-refractivity contribution in [3.63, 3.8) is 0 Å². The third kappa shape index (κ3) is 4.18. The second kappa shape index (κ2) is 7.04. The normalized spacial score (nSPS) is 42.5. The van der Waals surface area contributed by atoms with Crippen LogP contribution in [0.5, 0.6) is 0 Å². The van der Waals surface area contributed by atoms with E-state index in [4.69, 9.17) is 4.74 Å². The van der Waals surface area contributed by atoms with Crippen LogP contribution >= 0.6 is 0 Å². The van der Waals surface area contributed by atoms with Gasteiger partial charge in [-0.05, 0) is 56.9 Å². The Bertz CT molecular complexity index is 388. The molecule has 1 fully saturated rings. The molecule has 0 aromatic carbocycles. The van der Waals surface area contributed by atoms with Crippen molar-refractivity contribution in [1.29, 1.82) is 0 Å². The van der Waals surface area contributed by atoms with E-state index in [1.54, 1.807) is 0 Å². The highest BCUT2D eigenvalue weighted by atomic mass is 16.5. The Hall–Kier alpha value is -1.13. The Morgan fingerprint density at radius 3 is 2.85 bits per heavy atom. The number of allylic oxidation sites excluding steroid dienone is 2. The first-order chi connectivity index (χ1) is 9.56. The van der Waals surface area contributed by atoms with E-state index in [1.807, 2.05) is 6.92 Å². The quantitative estimate of drug-likeness (QED) is 0.526. The summed E-state index contributed by atoms with van der Waals surface area (Å²) < 4.78 is 5.23. The zero-order chi connectivity index (χ0) is 14.5. The summed E-state index contributed by atoms with van der Waals surface area (Å²) in [5, 5.41) is 20.0. The van der Waals surface area contributed by atoms with Crippen molar-refractivity contribution in [3.05, 3.63) is 24.3 Å². The second-order valence-electron chi connectivity index (χ2n) is 5.91. The summed E-state index contributed by atoms with van der Waals surface area (Å²) in [4.78, 5) is 11.6. The maximum Gasteiger partial charge on any atom is 0.330 e. The van der Waals surface area contributed by atoms with Crippen molar-refractivity contribution >= 4 is 5.97 Å². The third-order valence-electron chi connectivity index (χ3n) is 4.19. The van der Waals surface area contributed by atoms with Crippen LogP contribution in [0.25, 0.3) is 0 Å². The van der Waals surface area contributed by atoms with Crippen LogP contribution in [0.1, 0.15) is 39.0 Å². The fraction of sp³-hybridized carbons (Fsp3) is 0.688. The molecule has 0 amide bonds. The lowest BCUT2D eigenvalue weighted by Crippen LogP contribution is -2.21. The molecule has 0 aromatic heterocycles. The van der Waals surface area contributed by atoms with Crippen molar-refractivity contribution in [2.24, 2.45) is 11.8 Å². The number of ether oxygens (including phenoxy) is 1. The number of cyclic esters (lactones) is 1. The minimum atomic E-state index is -0.717. The molecule has 0 aromatic rings. The van der Waals surface area contributed by atoms with Crippen LogP contribution < -0.4 is 0 Å². The number of hydrogen-bond donors (Lipinski definition) is 2. The molecule has 1 aliphatic carbocycles. The highest BCUT2D eigenvalue weighted by Gasteiger charge is 2.35. The SMILES string of the molecule is C[C@H]1CCC/C=C/C2C[C@H](O)C[C@H]2[C@H](O)/C=C\C(=O)O1. The molecule has 4 heteroatoms. The van der Waals surface area contributed by atoms with Crippen molar-refractivity contribution in [2.45, 2.75) is 57.3 Å². The number of carbonyl (C=O) groups is 1. The third-order valence-corrected chi connectivity index (χ3v) is 4.19. The lowest BCUT2D eigenvalue weighted by molar-refractivity contribution is -0.142. The Morgan fingerprint density at radius 1 is 1.25 bits per heavy atom. The van der Waals surface area contributed by atoms with E-state index in [1.165, 1.54) is 12.2 Å². The number of aliphatic hydroxyl groups is 2. The maximum atomic E-state index is 11.6. The molecule has 2 rings (SSSR count).